The van der Waals surface area contributed by atoms with Gasteiger partial charge in [0.05, 0.1) is 5.92 Å². The minimum atomic E-state index is -3.45. The first kappa shape index (κ1) is 20.3. The molecule has 0 radical (unpaired) electrons. The average molecular weight is 474 g/mol. The van der Waals surface area contributed by atoms with Crippen LogP contribution in [-0.4, -0.2) is 45.0 Å². The quantitative estimate of drug-likeness (QED) is 0.454. The van der Waals surface area contributed by atoms with Gasteiger partial charge in [0.2, 0.25) is 0 Å². The van der Waals surface area contributed by atoms with E-state index in [1.807, 2.05) is 24.3 Å². The number of thiophene rings is 1. The second-order valence-corrected chi connectivity index (χ2v) is 10.1. The first-order chi connectivity index (χ1) is 13.0. The largest absolute Gasteiger partial charge is 0.490 e. The molecule has 0 atom stereocenters. The second kappa shape index (κ2) is 9.18. The van der Waals surface area contributed by atoms with Crippen LogP contribution in [-0.2, 0) is 19.6 Å². The minimum absolute atomic E-state index is 0.169. The SMILES string of the molecule is O=C(OCCOc1ccc(Br)cc1)C1CCN(S(=O)(=O)c2cccs2)CC1. The van der Waals surface area contributed by atoms with Crippen molar-refractivity contribution in [1.82, 2.24) is 4.31 Å². The van der Waals surface area contributed by atoms with Gasteiger partial charge in [0, 0.05) is 17.6 Å². The Kier molecular flexibility index (Phi) is 6.91. The lowest BCUT2D eigenvalue weighted by Crippen LogP contribution is -2.40. The summed E-state index contributed by atoms with van der Waals surface area (Å²) in [5, 5.41) is 1.74. The maximum absolute atomic E-state index is 12.5. The van der Waals surface area contributed by atoms with E-state index in [2.05, 4.69) is 15.9 Å². The van der Waals surface area contributed by atoms with E-state index in [-0.39, 0.29) is 25.1 Å². The Labute approximate surface area is 171 Å². The Morgan fingerprint density at radius 1 is 1.15 bits per heavy atom. The summed E-state index contributed by atoms with van der Waals surface area (Å²) < 4.78 is 38.5. The summed E-state index contributed by atoms with van der Waals surface area (Å²) in [5.41, 5.74) is 0. The van der Waals surface area contributed by atoms with E-state index < -0.39 is 10.0 Å². The van der Waals surface area contributed by atoms with Crippen molar-refractivity contribution in [2.75, 3.05) is 26.3 Å². The van der Waals surface area contributed by atoms with Gasteiger partial charge in [-0.2, -0.15) is 4.31 Å². The molecule has 0 N–H and O–H groups in total. The molecule has 2 heterocycles. The Bertz CT molecular complexity index is 844. The van der Waals surface area contributed by atoms with Crippen LogP contribution in [0.15, 0.2) is 50.5 Å². The van der Waals surface area contributed by atoms with E-state index in [4.69, 9.17) is 9.47 Å². The molecule has 1 saturated heterocycles. The molecule has 0 spiro atoms. The summed E-state index contributed by atoms with van der Waals surface area (Å²) in [6.07, 6.45) is 0.939. The van der Waals surface area contributed by atoms with Gasteiger partial charge in [-0.15, -0.1) is 11.3 Å². The highest BCUT2D eigenvalue weighted by Gasteiger charge is 2.33. The molecule has 0 saturated carbocycles. The number of hydrogen-bond acceptors (Lipinski definition) is 6. The van der Waals surface area contributed by atoms with Gasteiger partial charge in [0.1, 0.15) is 23.2 Å². The summed E-state index contributed by atoms with van der Waals surface area (Å²) in [7, 11) is -3.45. The number of carbonyl (C=O) groups excluding carboxylic acids is 1. The number of rotatable bonds is 7. The number of sulfonamides is 1. The number of hydrogen-bond donors (Lipinski definition) is 0. The van der Waals surface area contributed by atoms with Crippen LogP contribution in [0, 0.1) is 5.92 Å². The zero-order valence-electron chi connectivity index (χ0n) is 14.5. The van der Waals surface area contributed by atoms with Gasteiger partial charge in [0.15, 0.2) is 0 Å². The second-order valence-electron chi connectivity index (χ2n) is 6.08. The highest BCUT2D eigenvalue weighted by Crippen LogP contribution is 2.26. The molecule has 2 aromatic rings. The molecule has 0 bridgehead atoms. The van der Waals surface area contributed by atoms with Crippen molar-refractivity contribution >= 4 is 43.3 Å². The first-order valence-corrected chi connectivity index (χ1v) is 11.7. The lowest BCUT2D eigenvalue weighted by Gasteiger charge is -2.29. The summed E-state index contributed by atoms with van der Waals surface area (Å²) in [5.74, 6) is 0.149. The minimum Gasteiger partial charge on any atom is -0.490 e. The third-order valence-corrected chi connectivity index (χ3v) is 8.09. The lowest BCUT2D eigenvalue weighted by molar-refractivity contribution is -0.150. The molecule has 0 amide bonds. The third kappa shape index (κ3) is 5.31. The molecular formula is C18H20BrNO5S2. The molecule has 3 rings (SSSR count). The van der Waals surface area contributed by atoms with E-state index in [1.54, 1.807) is 17.5 Å². The van der Waals surface area contributed by atoms with Gasteiger partial charge in [-0.1, -0.05) is 22.0 Å². The van der Waals surface area contributed by atoms with Crippen LogP contribution in [0.25, 0.3) is 0 Å². The van der Waals surface area contributed by atoms with Crippen LogP contribution in [0.4, 0.5) is 0 Å². The maximum Gasteiger partial charge on any atom is 0.309 e. The van der Waals surface area contributed by atoms with E-state index in [0.717, 1.165) is 4.47 Å². The predicted molar refractivity (Wildman–Crippen MR) is 106 cm³/mol. The Balaban J connectivity index is 1.40. The fourth-order valence-electron chi connectivity index (χ4n) is 2.82. The smallest absolute Gasteiger partial charge is 0.309 e. The average Bonchev–Trinajstić information content (AvgIpc) is 3.22. The molecule has 1 fully saturated rings. The molecule has 6 nitrogen and oxygen atoms in total. The fraction of sp³-hybridized carbons (Fsp3) is 0.389. The topological polar surface area (TPSA) is 72.9 Å². The fourth-order valence-corrected chi connectivity index (χ4v) is 5.70. The van der Waals surface area contributed by atoms with Crippen LogP contribution in [0.2, 0.25) is 0 Å². The summed E-state index contributed by atoms with van der Waals surface area (Å²) in [4.78, 5) is 12.2. The Hall–Kier alpha value is -1.42. The van der Waals surface area contributed by atoms with Gasteiger partial charge in [0.25, 0.3) is 10.0 Å². The summed E-state index contributed by atoms with van der Waals surface area (Å²) >= 11 is 4.56. The van der Waals surface area contributed by atoms with E-state index in [9.17, 15) is 13.2 Å². The predicted octanol–water partition coefficient (Wildman–Crippen LogP) is 3.53. The van der Waals surface area contributed by atoms with Gasteiger partial charge >= 0.3 is 5.97 Å². The van der Waals surface area contributed by atoms with Gasteiger partial charge in [-0.3, -0.25) is 4.79 Å². The zero-order valence-corrected chi connectivity index (χ0v) is 17.8. The van der Waals surface area contributed by atoms with Crippen LogP contribution < -0.4 is 4.74 Å². The van der Waals surface area contributed by atoms with Gasteiger partial charge in [-0.25, -0.2) is 8.42 Å². The molecule has 1 aromatic heterocycles. The molecule has 146 valence electrons. The van der Waals surface area contributed by atoms with E-state index in [0.29, 0.717) is 35.9 Å². The number of esters is 1. The standard InChI is InChI=1S/C18H20BrNO5S2/c19-15-3-5-16(6-4-15)24-11-12-25-18(21)14-7-9-20(10-8-14)27(22,23)17-2-1-13-26-17/h1-6,13-14H,7-12H2. The van der Waals surface area contributed by atoms with Crippen LogP contribution in [0.5, 0.6) is 5.75 Å². The van der Waals surface area contributed by atoms with Crippen molar-refractivity contribution < 1.29 is 22.7 Å². The highest BCUT2D eigenvalue weighted by atomic mass is 79.9. The Morgan fingerprint density at radius 3 is 2.48 bits per heavy atom. The molecule has 1 aliphatic heterocycles. The number of benzene rings is 1. The molecule has 0 aliphatic carbocycles. The first-order valence-electron chi connectivity index (χ1n) is 8.55. The molecule has 1 aliphatic rings. The molecular weight excluding hydrogens is 454 g/mol. The van der Waals surface area contributed by atoms with E-state index >= 15 is 0 Å². The zero-order chi connectivity index (χ0) is 19.3. The number of halogens is 1. The van der Waals surface area contributed by atoms with Crippen molar-refractivity contribution in [3.63, 3.8) is 0 Å². The van der Waals surface area contributed by atoms with E-state index in [1.165, 1.54) is 15.6 Å². The van der Waals surface area contributed by atoms with Crippen molar-refractivity contribution in [2.45, 2.75) is 17.1 Å². The van der Waals surface area contributed by atoms with Crippen molar-refractivity contribution in [2.24, 2.45) is 5.92 Å². The number of piperidine rings is 1. The molecule has 1 aromatic carbocycles. The number of carbonyl (C=O) groups is 1. The maximum atomic E-state index is 12.5. The van der Waals surface area contributed by atoms with Crippen LogP contribution in [0.3, 0.4) is 0 Å². The third-order valence-electron chi connectivity index (χ3n) is 4.29. The molecule has 9 heteroatoms. The summed E-state index contributed by atoms with van der Waals surface area (Å²) in [6.45, 7) is 1.10. The lowest BCUT2D eigenvalue weighted by atomic mass is 9.98. The van der Waals surface area contributed by atoms with Crippen molar-refractivity contribution in [1.29, 1.82) is 0 Å². The van der Waals surface area contributed by atoms with Crippen molar-refractivity contribution in [3.05, 3.63) is 46.3 Å². The van der Waals surface area contributed by atoms with Gasteiger partial charge < -0.3 is 9.47 Å². The van der Waals surface area contributed by atoms with Crippen molar-refractivity contribution in [3.8, 4) is 5.75 Å². The number of nitrogens with zero attached hydrogens (tertiary/aromatic N) is 1. The monoisotopic (exact) mass is 473 g/mol. The Morgan fingerprint density at radius 2 is 1.85 bits per heavy atom. The van der Waals surface area contributed by atoms with Crippen LogP contribution >= 0.6 is 27.3 Å². The summed E-state index contributed by atoms with van der Waals surface area (Å²) in [6, 6.07) is 10.7. The van der Waals surface area contributed by atoms with Gasteiger partial charge in [-0.05, 0) is 48.6 Å². The normalized spacial score (nSPS) is 16.2. The molecule has 0 unspecified atom stereocenters. The highest BCUT2D eigenvalue weighted by molar-refractivity contribution is 9.10. The van der Waals surface area contributed by atoms with Crippen LogP contribution in [0.1, 0.15) is 12.8 Å². The molecule has 27 heavy (non-hydrogen) atoms. The number of ether oxygens (including phenoxy) is 2.